The highest BCUT2D eigenvalue weighted by atomic mass is 16.5. The Hall–Kier alpha value is -3.13. The highest BCUT2D eigenvalue weighted by molar-refractivity contribution is 5.96. The van der Waals surface area contributed by atoms with Gasteiger partial charge in [-0.1, -0.05) is 51.1 Å². The van der Waals surface area contributed by atoms with E-state index in [9.17, 15) is 14.9 Å². The first-order valence-electron chi connectivity index (χ1n) is 8.73. The van der Waals surface area contributed by atoms with Crippen molar-refractivity contribution in [2.24, 2.45) is 0 Å². The maximum atomic E-state index is 12.6. The second-order valence-corrected chi connectivity index (χ2v) is 7.35. The molecular formula is C22H24N2O3. The fourth-order valence-electron chi connectivity index (χ4n) is 2.73. The Morgan fingerprint density at radius 2 is 1.74 bits per heavy atom. The summed E-state index contributed by atoms with van der Waals surface area (Å²) in [6, 6.07) is 15.5. The lowest BCUT2D eigenvalue weighted by atomic mass is 9.86. The van der Waals surface area contributed by atoms with Gasteiger partial charge in [0.25, 0.3) is 5.91 Å². The van der Waals surface area contributed by atoms with Crippen LogP contribution in [0.2, 0.25) is 0 Å². The molecule has 5 heteroatoms. The van der Waals surface area contributed by atoms with Crippen LogP contribution in [0, 0.1) is 11.3 Å². The van der Waals surface area contributed by atoms with Crippen molar-refractivity contribution in [2.45, 2.75) is 38.6 Å². The molecule has 0 saturated carbocycles. The number of esters is 1. The second-order valence-electron chi connectivity index (χ2n) is 7.35. The molecule has 0 aliphatic carbocycles. The second kappa shape index (κ2) is 8.50. The predicted molar refractivity (Wildman–Crippen MR) is 103 cm³/mol. The Balaban J connectivity index is 2.19. The third kappa shape index (κ3) is 5.18. The quantitative estimate of drug-likeness (QED) is 0.825. The molecule has 0 heterocycles. The lowest BCUT2D eigenvalue weighted by Gasteiger charge is -2.20. The average molecular weight is 364 g/mol. The molecular weight excluding hydrogens is 340 g/mol. The number of nitriles is 1. The van der Waals surface area contributed by atoms with E-state index in [0.29, 0.717) is 16.7 Å². The van der Waals surface area contributed by atoms with Gasteiger partial charge >= 0.3 is 5.97 Å². The Morgan fingerprint density at radius 1 is 1.11 bits per heavy atom. The molecule has 0 fully saturated rings. The summed E-state index contributed by atoms with van der Waals surface area (Å²) in [4.78, 5) is 24.7. The first-order chi connectivity index (χ1) is 12.8. The molecule has 0 unspecified atom stereocenters. The molecule has 0 spiro atoms. The van der Waals surface area contributed by atoms with Crippen LogP contribution in [-0.4, -0.2) is 25.0 Å². The predicted octanol–water partition coefficient (Wildman–Crippen LogP) is 3.37. The van der Waals surface area contributed by atoms with Crippen molar-refractivity contribution < 1.29 is 14.3 Å². The zero-order valence-electron chi connectivity index (χ0n) is 16.1. The van der Waals surface area contributed by atoms with Gasteiger partial charge in [-0.05, 0) is 34.7 Å². The first-order valence-corrected chi connectivity index (χ1v) is 8.73. The van der Waals surface area contributed by atoms with E-state index in [0.717, 1.165) is 5.56 Å². The maximum absolute atomic E-state index is 12.6. The van der Waals surface area contributed by atoms with Gasteiger partial charge in [0.05, 0.1) is 18.7 Å². The Kier molecular flexibility index (Phi) is 6.36. The molecule has 0 radical (unpaired) electrons. The molecule has 1 atom stereocenters. The van der Waals surface area contributed by atoms with Crippen molar-refractivity contribution in [1.82, 2.24) is 5.32 Å². The Morgan fingerprint density at radius 3 is 2.30 bits per heavy atom. The molecule has 0 aliphatic rings. The van der Waals surface area contributed by atoms with Crippen molar-refractivity contribution in [3.05, 3.63) is 70.8 Å². The van der Waals surface area contributed by atoms with Gasteiger partial charge in [-0.25, -0.2) is 4.79 Å². The number of ether oxygens (including phenoxy) is 1. The Labute approximate surface area is 160 Å². The third-order valence-electron chi connectivity index (χ3n) is 4.37. The number of hydrogen-bond donors (Lipinski definition) is 1. The zero-order valence-corrected chi connectivity index (χ0v) is 16.1. The van der Waals surface area contributed by atoms with E-state index in [4.69, 9.17) is 4.74 Å². The van der Waals surface area contributed by atoms with Crippen molar-refractivity contribution in [1.29, 1.82) is 5.26 Å². The standard InChI is InChI=1S/C22H24N2O3/c1-22(2,3)18-11-9-15(10-12-18)20(25)24-19(21(26)27-4)13-16-7-5-6-8-17(16)14-23/h5-12,19H,13H2,1-4H3,(H,24,25)/t19-/m0/s1. The molecule has 140 valence electrons. The maximum Gasteiger partial charge on any atom is 0.328 e. The van der Waals surface area contributed by atoms with Crippen LogP contribution in [0.5, 0.6) is 0 Å². The van der Waals surface area contributed by atoms with Gasteiger partial charge in [0.15, 0.2) is 0 Å². The van der Waals surface area contributed by atoms with Crippen LogP contribution in [0.1, 0.15) is 47.8 Å². The minimum absolute atomic E-state index is 0.00936. The van der Waals surface area contributed by atoms with Crippen molar-refractivity contribution >= 4 is 11.9 Å². The highest BCUT2D eigenvalue weighted by Crippen LogP contribution is 2.22. The summed E-state index contributed by atoms with van der Waals surface area (Å²) < 4.78 is 4.82. The molecule has 2 aromatic rings. The van der Waals surface area contributed by atoms with Gasteiger partial charge in [0.2, 0.25) is 0 Å². The topological polar surface area (TPSA) is 79.2 Å². The molecule has 0 aromatic heterocycles. The average Bonchev–Trinajstić information content (AvgIpc) is 2.66. The first kappa shape index (κ1) is 20.2. The summed E-state index contributed by atoms with van der Waals surface area (Å²) in [6.45, 7) is 6.30. The van der Waals surface area contributed by atoms with Gasteiger partial charge < -0.3 is 10.1 Å². The summed E-state index contributed by atoms with van der Waals surface area (Å²) in [5.41, 5.74) is 2.72. The molecule has 27 heavy (non-hydrogen) atoms. The minimum Gasteiger partial charge on any atom is -0.467 e. The van der Waals surface area contributed by atoms with E-state index in [1.54, 1.807) is 36.4 Å². The highest BCUT2D eigenvalue weighted by Gasteiger charge is 2.24. The number of carbonyl (C=O) groups is 2. The van der Waals surface area contributed by atoms with Crippen LogP contribution in [0.4, 0.5) is 0 Å². The number of benzene rings is 2. The molecule has 0 saturated heterocycles. The normalized spacial score (nSPS) is 12.0. The fraction of sp³-hybridized carbons (Fsp3) is 0.318. The molecule has 2 aromatic carbocycles. The van der Waals surface area contributed by atoms with E-state index in [2.05, 4.69) is 32.2 Å². The van der Waals surface area contributed by atoms with Gasteiger partial charge in [0.1, 0.15) is 6.04 Å². The molecule has 0 bridgehead atoms. The minimum atomic E-state index is -0.876. The summed E-state index contributed by atoms with van der Waals surface area (Å²) in [5.74, 6) is -0.914. The zero-order chi connectivity index (χ0) is 20.0. The van der Waals surface area contributed by atoms with Crippen LogP contribution >= 0.6 is 0 Å². The smallest absolute Gasteiger partial charge is 0.328 e. The number of nitrogens with one attached hydrogen (secondary N) is 1. The molecule has 0 aliphatic heterocycles. The van der Waals surface area contributed by atoms with Gasteiger partial charge in [-0.15, -0.1) is 0 Å². The number of methoxy groups -OCH3 is 1. The molecule has 1 N–H and O–H groups in total. The van der Waals surface area contributed by atoms with Crippen LogP contribution in [0.25, 0.3) is 0 Å². The number of hydrogen-bond acceptors (Lipinski definition) is 4. The van der Waals surface area contributed by atoms with E-state index < -0.39 is 12.0 Å². The largest absolute Gasteiger partial charge is 0.467 e. The molecule has 1 amide bonds. The molecule has 5 nitrogen and oxygen atoms in total. The number of rotatable bonds is 5. The van der Waals surface area contributed by atoms with E-state index in [1.807, 2.05) is 12.1 Å². The number of carbonyl (C=O) groups excluding carboxylic acids is 2. The van der Waals surface area contributed by atoms with E-state index in [-0.39, 0.29) is 17.7 Å². The SMILES string of the molecule is COC(=O)[C@H](Cc1ccccc1C#N)NC(=O)c1ccc(C(C)(C)C)cc1. The van der Waals surface area contributed by atoms with Crippen LogP contribution in [-0.2, 0) is 21.4 Å². The molecule has 2 rings (SSSR count). The Bertz CT molecular complexity index is 858. The van der Waals surface area contributed by atoms with Crippen molar-refractivity contribution in [3.63, 3.8) is 0 Å². The summed E-state index contributed by atoms with van der Waals surface area (Å²) >= 11 is 0. The summed E-state index contributed by atoms with van der Waals surface area (Å²) in [6.07, 6.45) is 0.183. The lowest BCUT2D eigenvalue weighted by Crippen LogP contribution is -2.43. The fourth-order valence-corrected chi connectivity index (χ4v) is 2.73. The van der Waals surface area contributed by atoms with Gasteiger partial charge in [0, 0.05) is 12.0 Å². The van der Waals surface area contributed by atoms with Crippen molar-refractivity contribution in [2.75, 3.05) is 7.11 Å². The van der Waals surface area contributed by atoms with Gasteiger partial charge in [-0.2, -0.15) is 5.26 Å². The van der Waals surface area contributed by atoms with Crippen LogP contribution < -0.4 is 5.32 Å². The monoisotopic (exact) mass is 364 g/mol. The van der Waals surface area contributed by atoms with Crippen LogP contribution in [0.3, 0.4) is 0 Å². The number of nitrogens with zero attached hydrogens (tertiary/aromatic N) is 1. The van der Waals surface area contributed by atoms with Crippen molar-refractivity contribution in [3.8, 4) is 6.07 Å². The van der Waals surface area contributed by atoms with E-state index >= 15 is 0 Å². The van der Waals surface area contributed by atoms with E-state index in [1.165, 1.54) is 7.11 Å². The summed E-state index contributed by atoms with van der Waals surface area (Å²) in [5, 5.41) is 11.9. The van der Waals surface area contributed by atoms with Crippen LogP contribution in [0.15, 0.2) is 48.5 Å². The number of amides is 1. The lowest BCUT2D eigenvalue weighted by molar-refractivity contribution is -0.142. The summed E-state index contributed by atoms with van der Waals surface area (Å²) in [7, 11) is 1.27. The third-order valence-corrected chi connectivity index (χ3v) is 4.37. The van der Waals surface area contributed by atoms with Gasteiger partial charge in [-0.3, -0.25) is 4.79 Å².